The van der Waals surface area contributed by atoms with Crippen LogP contribution in [0.15, 0.2) is 48.7 Å². The highest BCUT2D eigenvalue weighted by atomic mass is 16.1. The van der Waals surface area contributed by atoms with E-state index in [2.05, 4.69) is 16.4 Å². The highest BCUT2D eigenvalue weighted by molar-refractivity contribution is 6.15. The van der Waals surface area contributed by atoms with Gasteiger partial charge in [0.25, 0.3) is 5.91 Å². The molecular formula is C19H19N3O. The molecule has 4 rings (SSSR count). The van der Waals surface area contributed by atoms with Crippen molar-refractivity contribution in [1.29, 1.82) is 0 Å². The Hall–Kier alpha value is -2.46. The quantitative estimate of drug-likeness (QED) is 0.728. The molecule has 0 radical (unpaired) electrons. The zero-order valence-corrected chi connectivity index (χ0v) is 12.8. The van der Waals surface area contributed by atoms with Crippen molar-refractivity contribution in [3.05, 3.63) is 54.2 Å². The average Bonchev–Trinajstić information content (AvgIpc) is 3.44. The van der Waals surface area contributed by atoms with Gasteiger partial charge in [-0.3, -0.25) is 9.78 Å². The van der Waals surface area contributed by atoms with Crippen molar-refractivity contribution in [2.75, 3.05) is 6.54 Å². The van der Waals surface area contributed by atoms with E-state index in [9.17, 15) is 4.79 Å². The minimum atomic E-state index is -0.101. The van der Waals surface area contributed by atoms with E-state index in [4.69, 9.17) is 5.73 Å². The summed E-state index contributed by atoms with van der Waals surface area (Å²) in [6, 6.07) is 14.0. The maximum absolute atomic E-state index is 12.6. The second-order valence-corrected chi connectivity index (χ2v) is 6.26. The lowest BCUT2D eigenvalue weighted by Crippen LogP contribution is -2.38. The summed E-state index contributed by atoms with van der Waals surface area (Å²) in [5.41, 5.74) is 7.43. The largest absolute Gasteiger partial charge is 0.350 e. The molecule has 0 bridgehead atoms. The van der Waals surface area contributed by atoms with Crippen LogP contribution in [0.2, 0.25) is 0 Å². The number of hydrogen-bond donors (Lipinski definition) is 2. The molecule has 1 unspecified atom stereocenters. The van der Waals surface area contributed by atoms with Gasteiger partial charge >= 0.3 is 0 Å². The molecule has 23 heavy (non-hydrogen) atoms. The SMILES string of the molecule is NC(CNC(=O)c1cc2ccccc2c2cccnc12)C1CC1. The van der Waals surface area contributed by atoms with Gasteiger partial charge in [-0.1, -0.05) is 30.3 Å². The van der Waals surface area contributed by atoms with E-state index < -0.39 is 0 Å². The molecule has 1 aliphatic carbocycles. The smallest absolute Gasteiger partial charge is 0.253 e. The van der Waals surface area contributed by atoms with Gasteiger partial charge in [0.1, 0.15) is 0 Å². The lowest BCUT2D eigenvalue weighted by molar-refractivity contribution is 0.0952. The second-order valence-electron chi connectivity index (χ2n) is 6.26. The van der Waals surface area contributed by atoms with Gasteiger partial charge in [-0.15, -0.1) is 0 Å². The third-order valence-corrected chi connectivity index (χ3v) is 4.58. The van der Waals surface area contributed by atoms with Crippen molar-refractivity contribution < 1.29 is 4.79 Å². The number of carbonyl (C=O) groups is 1. The number of amides is 1. The Balaban J connectivity index is 1.73. The Labute approximate surface area is 134 Å². The second kappa shape index (κ2) is 5.63. The average molecular weight is 305 g/mol. The van der Waals surface area contributed by atoms with Crippen LogP contribution >= 0.6 is 0 Å². The minimum Gasteiger partial charge on any atom is -0.350 e. The minimum absolute atomic E-state index is 0.0543. The number of hydrogen-bond acceptors (Lipinski definition) is 3. The standard InChI is InChI=1S/C19H19N3O/c20-17(12-7-8-12)11-22-19(23)16-10-13-4-1-2-5-14(13)15-6-3-9-21-18(15)16/h1-6,9-10,12,17H,7-8,11,20H2,(H,22,23). The van der Waals surface area contributed by atoms with Gasteiger partial charge in [0.15, 0.2) is 0 Å². The maximum Gasteiger partial charge on any atom is 0.253 e. The molecule has 1 aromatic heterocycles. The summed E-state index contributed by atoms with van der Waals surface area (Å²) in [4.78, 5) is 17.1. The van der Waals surface area contributed by atoms with Crippen LogP contribution in [0.5, 0.6) is 0 Å². The lowest BCUT2D eigenvalue weighted by atomic mass is 10.0. The molecule has 0 saturated heterocycles. The van der Waals surface area contributed by atoms with Crippen LogP contribution in [0.25, 0.3) is 21.7 Å². The zero-order chi connectivity index (χ0) is 15.8. The fraction of sp³-hybridized carbons (Fsp3) is 0.263. The molecule has 1 saturated carbocycles. The summed E-state index contributed by atoms with van der Waals surface area (Å²) in [5, 5.41) is 6.13. The first-order valence-electron chi connectivity index (χ1n) is 8.04. The first-order chi connectivity index (χ1) is 11.2. The van der Waals surface area contributed by atoms with E-state index in [0.29, 0.717) is 18.0 Å². The monoisotopic (exact) mass is 305 g/mol. The molecule has 1 aliphatic rings. The predicted octanol–water partition coefficient (Wildman–Crippen LogP) is 2.86. The number of carbonyl (C=O) groups excluding carboxylic acids is 1. The van der Waals surface area contributed by atoms with Crippen LogP contribution < -0.4 is 11.1 Å². The summed E-state index contributed by atoms with van der Waals surface area (Å²) < 4.78 is 0. The molecule has 1 amide bonds. The van der Waals surface area contributed by atoms with Gasteiger partial charge in [0.2, 0.25) is 0 Å². The van der Waals surface area contributed by atoms with Gasteiger partial charge in [0, 0.05) is 24.2 Å². The number of nitrogens with one attached hydrogen (secondary N) is 1. The molecule has 4 nitrogen and oxygen atoms in total. The zero-order valence-electron chi connectivity index (χ0n) is 12.8. The van der Waals surface area contributed by atoms with Gasteiger partial charge in [-0.05, 0) is 41.7 Å². The fourth-order valence-corrected chi connectivity index (χ4v) is 3.10. The Morgan fingerprint density at radius 2 is 2.00 bits per heavy atom. The highest BCUT2D eigenvalue weighted by Gasteiger charge is 2.28. The molecule has 3 N–H and O–H groups in total. The van der Waals surface area contributed by atoms with Crippen molar-refractivity contribution in [3.63, 3.8) is 0 Å². The number of nitrogens with two attached hydrogens (primary N) is 1. The normalized spacial score (nSPS) is 15.7. The Morgan fingerprint density at radius 1 is 1.22 bits per heavy atom. The van der Waals surface area contributed by atoms with Crippen molar-refractivity contribution in [2.45, 2.75) is 18.9 Å². The Bertz CT molecular complexity index is 886. The van der Waals surface area contributed by atoms with E-state index in [1.165, 1.54) is 12.8 Å². The topological polar surface area (TPSA) is 68.0 Å². The van der Waals surface area contributed by atoms with E-state index in [1.807, 2.05) is 36.4 Å². The Morgan fingerprint density at radius 3 is 2.83 bits per heavy atom. The van der Waals surface area contributed by atoms with E-state index in [0.717, 1.165) is 21.7 Å². The van der Waals surface area contributed by atoms with E-state index >= 15 is 0 Å². The van der Waals surface area contributed by atoms with Crippen molar-refractivity contribution in [1.82, 2.24) is 10.3 Å². The fourth-order valence-electron chi connectivity index (χ4n) is 3.10. The van der Waals surface area contributed by atoms with Crippen molar-refractivity contribution >= 4 is 27.6 Å². The third-order valence-electron chi connectivity index (χ3n) is 4.58. The van der Waals surface area contributed by atoms with Crippen LogP contribution in [-0.4, -0.2) is 23.5 Å². The van der Waals surface area contributed by atoms with Crippen LogP contribution in [0.3, 0.4) is 0 Å². The summed E-state index contributed by atoms with van der Waals surface area (Å²) in [6.45, 7) is 0.519. The number of rotatable bonds is 4. The van der Waals surface area contributed by atoms with Gasteiger partial charge < -0.3 is 11.1 Å². The summed E-state index contributed by atoms with van der Waals surface area (Å²) >= 11 is 0. The molecule has 116 valence electrons. The van der Waals surface area contributed by atoms with Gasteiger partial charge in [0.05, 0.1) is 11.1 Å². The van der Waals surface area contributed by atoms with Crippen molar-refractivity contribution in [2.24, 2.45) is 11.7 Å². The molecule has 1 atom stereocenters. The molecule has 1 heterocycles. The van der Waals surface area contributed by atoms with Gasteiger partial charge in [-0.25, -0.2) is 0 Å². The lowest BCUT2D eigenvalue weighted by Gasteiger charge is -2.13. The number of aromatic nitrogens is 1. The van der Waals surface area contributed by atoms with Crippen LogP contribution in [-0.2, 0) is 0 Å². The maximum atomic E-state index is 12.6. The third kappa shape index (κ3) is 2.66. The van der Waals surface area contributed by atoms with Gasteiger partial charge in [-0.2, -0.15) is 0 Å². The van der Waals surface area contributed by atoms with Crippen LogP contribution in [0, 0.1) is 5.92 Å². The van der Waals surface area contributed by atoms with E-state index in [1.54, 1.807) is 6.20 Å². The first-order valence-corrected chi connectivity index (χ1v) is 8.04. The molecule has 4 heteroatoms. The van der Waals surface area contributed by atoms with Crippen LogP contribution in [0.4, 0.5) is 0 Å². The number of fused-ring (bicyclic) bond motifs is 3. The van der Waals surface area contributed by atoms with E-state index in [-0.39, 0.29) is 11.9 Å². The molecule has 1 fully saturated rings. The Kier molecular flexibility index (Phi) is 3.46. The highest BCUT2D eigenvalue weighted by Crippen LogP contribution is 2.31. The molecule has 2 aromatic carbocycles. The first kappa shape index (κ1) is 14.2. The summed E-state index contributed by atoms with van der Waals surface area (Å²) in [5.74, 6) is 0.470. The summed E-state index contributed by atoms with van der Waals surface area (Å²) in [7, 11) is 0. The number of pyridine rings is 1. The molecular weight excluding hydrogens is 286 g/mol. The predicted molar refractivity (Wildman–Crippen MR) is 92.3 cm³/mol. The number of benzene rings is 2. The van der Waals surface area contributed by atoms with Crippen molar-refractivity contribution in [3.8, 4) is 0 Å². The molecule has 0 aliphatic heterocycles. The number of nitrogens with zero attached hydrogens (tertiary/aromatic N) is 1. The summed E-state index contributed by atoms with van der Waals surface area (Å²) in [6.07, 6.45) is 4.08. The molecule has 3 aromatic rings. The molecule has 0 spiro atoms. The van der Waals surface area contributed by atoms with Crippen LogP contribution in [0.1, 0.15) is 23.2 Å².